The predicted molar refractivity (Wildman–Crippen MR) is 73.0 cm³/mol. The van der Waals surface area contributed by atoms with E-state index >= 15 is 0 Å². The molecule has 7 nitrogen and oxygen atoms in total. The molecule has 1 aliphatic carbocycles. The maximum Gasteiger partial charge on any atom is 0.326 e. The molecule has 0 aliphatic heterocycles. The molecule has 1 saturated carbocycles. The molecule has 0 aromatic carbocycles. The minimum absolute atomic E-state index is 0.0291. The highest BCUT2D eigenvalue weighted by Crippen LogP contribution is 2.23. The number of nitrogens with one attached hydrogen (secondary N) is 1. The Morgan fingerprint density at radius 2 is 1.95 bits per heavy atom. The van der Waals surface area contributed by atoms with Gasteiger partial charge < -0.3 is 21.1 Å². The van der Waals surface area contributed by atoms with Gasteiger partial charge in [0.2, 0.25) is 5.91 Å². The number of carboxylic acid groups (broad SMARTS) is 1. The molecule has 0 heterocycles. The molecule has 0 unspecified atom stereocenters. The summed E-state index contributed by atoms with van der Waals surface area (Å²) < 4.78 is 0. The molecule has 1 atom stereocenters. The molecular formula is C13H23N3O4. The van der Waals surface area contributed by atoms with E-state index in [4.69, 9.17) is 10.8 Å². The van der Waals surface area contributed by atoms with Gasteiger partial charge in [-0.25, -0.2) is 9.59 Å². The van der Waals surface area contributed by atoms with E-state index in [-0.39, 0.29) is 12.6 Å². The smallest absolute Gasteiger partial charge is 0.326 e. The second-order valence-electron chi connectivity index (χ2n) is 5.16. The van der Waals surface area contributed by atoms with Crippen molar-refractivity contribution in [2.75, 3.05) is 6.54 Å². The summed E-state index contributed by atoms with van der Waals surface area (Å²) in [5.74, 6) is -1.65. The highest BCUT2D eigenvalue weighted by atomic mass is 16.4. The Morgan fingerprint density at radius 3 is 2.40 bits per heavy atom. The highest BCUT2D eigenvalue weighted by Gasteiger charge is 2.30. The van der Waals surface area contributed by atoms with E-state index in [0.717, 1.165) is 25.7 Å². The van der Waals surface area contributed by atoms with Gasteiger partial charge >= 0.3 is 12.0 Å². The summed E-state index contributed by atoms with van der Waals surface area (Å²) in [6.07, 6.45) is 4.67. The number of primary amides is 1. The Morgan fingerprint density at radius 1 is 1.35 bits per heavy atom. The fourth-order valence-corrected chi connectivity index (χ4v) is 2.53. The van der Waals surface area contributed by atoms with Crippen molar-refractivity contribution in [3.8, 4) is 0 Å². The lowest BCUT2D eigenvalue weighted by molar-refractivity contribution is -0.139. The molecule has 0 aromatic rings. The van der Waals surface area contributed by atoms with Crippen molar-refractivity contribution in [1.82, 2.24) is 10.2 Å². The van der Waals surface area contributed by atoms with Crippen molar-refractivity contribution < 1.29 is 19.5 Å². The summed E-state index contributed by atoms with van der Waals surface area (Å²) in [4.78, 5) is 35.7. The van der Waals surface area contributed by atoms with Gasteiger partial charge in [-0.2, -0.15) is 0 Å². The molecule has 0 aromatic heterocycles. The lowest BCUT2D eigenvalue weighted by Crippen LogP contribution is -2.53. The van der Waals surface area contributed by atoms with E-state index in [9.17, 15) is 14.4 Å². The maximum atomic E-state index is 12.2. The second-order valence-corrected chi connectivity index (χ2v) is 5.16. The van der Waals surface area contributed by atoms with Crippen LogP contribution in [0, 0.1) is 0 Å². The van der Waals surface area contributed by atoms with Crippen LogP contribution in [0.1, 0.15) is 45.4 Å². The molecule has 114 valence electrons. The molecule has 0 spiro atoms. The molecule has 3 amide bonds. The molecular weight excluding hydrogens is 262 g/mol. The van der Waals surface area contributed by atoms with Gasteiger partial charge in [-0.3, -0.25) is 4.79 Å². The van der Waals surface area contributed by atoms with Crippen molar-refractivity contribution in [3.63, 3.8) is 0 Å². The predicted octanol–water partition coefficient (Wildman–Crippen LogP) is 0.679. The number of aliphatic carboxylic acids is 1. The Hall–Kier alpha value is -1.79. The SMILES string of the molecule is CCC[C@@H](NC(=O)N(CC(N)=O)C1CCCC1)C(=O)O. The number of nitrogens with two attached hydrogens (primary N) is 1. The lowest BCUT2D eigenvalue weighted by Gasteiger charge is -2.29. The van der Waals surface area contributed by atoms with Crippen molar-refractivity contribution >= 4 is 17.9 Å². The monoisotopic (exact) mass is 285 g/mol. The average Bonchev–Trinajstić information content (AvgIpc) is 2.88. The van der Waals surface area contributed by atoms with Gasteiger partial charge in [-0.15, -0.1) is 0 Å². The number of carboxylic acids is 1. The molecule has 20 heavy (non-hydrogen) atoms. The van der Waals surface area contributed by atoms with Crippen molar-refractivity contribution in [1.29, 1.82) is 0 Å². The summed E-state index contributed by atoms with van der Waals surface area (Å²) in [7, 11) is 0. The first-order valence-corrected chi connectivity index (χ1v) is 7.04. The Labute approximate surface area is 118 Å². The van der Waals surface area contributed by atoms with Crippen molar-refractivity contribution in [3.05, 3.63) is 0 Å². The van der Waals surface area contributed by atoms with Crippen LogP contribution in [0.2, 0.25) is 0 Å². The van der Waals surface area contributed by atoms with Crippen LogP contribution >= 0.6 is 0 Å². The molecule has 0 saturated heterocycles. The molecule has 1 aliphatic rings. The van der Waals surface area contributed by atoms with Crippen LogP contribution in [0.3, 0.4) is 0 Å². The number of hydrogen-bond acceptors (Lipinski definition) is 3. The van der Waals surface area contributed by atoms with Gasteiger partial charge in [0.25, 0.3) is 0 Å². The molecule has 0 radical (unpaired) electrons. The van der Waals surface area contributed by atoms with Crippen LogP contribution in [-0.2, 0) is 9.59 Å². The normalized spacial score (nSPS) is 16.6. The largest absolute Gasteiger partial charge is 0.480 e. The Bertz CT molecular complexity index is 367. The van der Waals surface area contributed by atoms with E-state index in [1.807, 2.05) is 6.92 Å². The summed E-state index contributed by atoms with van der Waals surface area (Å²) in [6, 6.07) is -1.47. The summed E-state index contributed by atoms with van der Waals surface area (Å²) in [5.41, 5.74) is 5.17. The molecule has 1 fully saturated rings. The second kappa shape index (κ2) is 7.72. The van der Waals surface area contributed by atoms with Crippen LogP contribution in [0.25, 0.3) is 0 Å². The Kier molecular flexibility index (Phi) is 6.27. The molecule has 1 rings (SSSR count). The van der Waals surface area contributed by atoms with Crippen molar-refractivity contribution in [2.24, 2.45) is 5.73 Å². The maximum absolute atomic E-state index is 12.2. The first kappa shape index (κ1) is 16.3. The fraction of sp³-hybridized carbons (Fsp3) is 0.769. The number of urea groups is 1. The highest BCUT2D eigenvalue weighted by molar-refractivity contribution is 5.86. The van der Waals surface area contributed by atoms with E-state index in [0.29, 0.717) is 12.8 Å². The quantitative estimate of drug-likeness (QED) is 0.638. The number of nitrogens with zero attached hydrogens (tertiary/aromatic N) is 1. The standard InChI is InChI=1S/C13H23N3O4/c1-2-5-10(12(18)19)15-13(20)16(8-11(14)17)9-6-3-4-7-9/h9-10H,2-8H2,1H3,(H2,14,17)(H,15,20)(H,18,19)/t10-/m1/s1. The zero-order chi connectivity index (χ0) is 15.1. The van der Waals surface area contributed by atoms with Gasteiger partial charge in [0, 0.05) is 6.04 Å². The van der Waals surface area contributed by atoms with E-state index in [1.165, 1.54) is 4.90 Å². The van der Waals surface area contributed by atoms with E-state index < -0.39 is 23.9 Å². The zero-order valence-corrected chi connectivity index (χ0v) is 11.8. The first-order valence-electron chi connectivity index (χ1n) is 7.04. The van der Waals surface area contributed by atoms with E-state index in [1.54, 1.807) is 0 Å². The van der Waals surface area contributed by atoms with Crippen LogP contribution in [0.5, 0.6) is 0 Å². The van der Waals surface area contributed by atoms with Gasteiger partial charge in [0.1, 0.15) is 12.6 Å². The number of amides is 3. The minimum Gasteiger partial charge on any atom is -0.480 e. The number of carbonyl (C=O) groups is 3. The summed E-state index contributed by atoms with van der Waals surface area (Å²) in [5, 5.41) is 11.5. The van der Waals surface area contributed by atoms with Crippen LogP contribution in [0.15, 0.2) is 0 Å². The van der Waals surface area contributed by atoms with Gasteiger partial charge in [-0.05, 0) is 19.3 Å². The van der Waals surface area contributed by atoms with Crippen molar-refractivity contribution in [2.45, 2.75) is 57.5 Å². The fourth-order valence-electron chi connectivity index (χ4n) is 2.53. The van der Waals surface area contributed by atoms with Gasteiger partial charge in [-0.1, -0.05) is 26.2 Å². The Balaban J connectivity index is 2.70. The summed E-state index contributed by atoms with van der Waals surface area (Å²) >= 11 is 0. The van der Waals surface area contributed by atoms with Gasteiger partial charge in [0.05, 0.1) is 0 Å². The van der Waals surface area contributed by atoms with Gasteiger partial charge in [0.15, 0.2) is 0 Å². The average molecular weight is 285 g/mol. The number of hydrogen-bond donors (Lipinski definition) is 3. The zero-order valence-electron chi connectivity index (χ0n) is 11.8. The third kappa shape index (κ3) is 4.71. The first-order chi connectivity index (χ1) is 9.45. The topological polar surface area (TPSA) is 113 Å². The molecule has 4 N–H and O–H groups in total. The summed E-state index contributed by atoms with van der Waals surface area (Å²) in [6.45, 7) is 1.68. The minimum atomic E-state index is -1.06. The van der Waals surface area contributed by atoms with Crippen LogP contribution in [0.4, 0.5) is 4.79 Å². The van der Waals surface area contributed by atoms with E-state index in [2.05, 4.69) is 5.32 Å². The lowest BCUT2D eigenvalue weighted by atomic mass is 10.1. The third-order valence-electron chi connectivity index (χ3n) is 3.53. The molecule has 7 heteroatoms. The molecule has 0 bridgehead atoms. The number of carbonyl (C=O) groups excluding carboxylic acids is 2. The van der Waals surface area contributed by atoms with Crippen LogP contribution in [-0.4, -0.2) is 46.5 Å². The van der Waals surface area contributed by atoms with Crippen LogP contribution < -0.4 is 11.1 Å². The third-order valence-corrected chi connectivity index (χ3v) is 3.53. The number of rotatable bonds is 7.